The summed E-state index contributed by atoms with van der Waals surface area (Å²) in [6.45, 7) is 3.34. The van der Waals surface area contributed by atoms with Crippen molar-refractivity contribution in [1.29, 1.82) is 0 Å². The number of rotatable bonds is 4. The number of carbonyl (C=O) groups is 1. The summed E-state index contributed by atoms with van der Waals surface area (Å²) in [7, 11) is 1.71. The van der Waals surface area contributed by atoms with Crippen LogP contribution in [-0.4, -0.2) is 57.1 Å². The molecule has 3 aliphatic rings. The Balaban J connectivity index is 1.31. The minimum absolute atomic E-state index is 0.182. The maximum Gasteiger partial charge on any atom is 0.231 e. The average molecular weight is 347 g/mol. The summed E-state index contributed by atoms with van der Waals surface area (Å²) in [4.78, 5) is 14.6. The zero-order valence-electron chi connectivity index (χ0n) is 14.7. The molecular weight excluding hydrogens is 322 g/mol. The second-order valence-corrected chi connectivity index (χ2v) is 7.34. The van der Waals surface area contributed by atoms with Crippen LogP contribution in [0.1, 0.15) is 24.8 Å². The minimum atomic E-state index is 0.182. The standard InChI is InChI=1S/C19H25NO5/c1-22-11-15-10-19(12-23-15)4-6-20(7-5-19)18(21)9-14-2-3-16-17(8-14)25-13-24-16/h2-3,8,15H,4-7,9-13H2,1H3/t15-/m1/s1. The van der Waals surface area contributed by atoms with E-state index in [-0.39, 0.29) is 24.2 Å². The fraction of sp³-hybridized carbons (Fsp3) is 0.632. The number of methoxy groups -OCH3 is 1. The molecule has 6 heteroatoms. The van der Waals surface area contributed by atoms with Crippen LogP contribution < -0.4 is 9.47 Å². The SMILES string of the molecule is COC[C@H]1CC2(CCN(C(=O)Cc3ccc4c(c3)OCO4)CC2)CO1. The molecule has 0 aliphatic carbocycles. The van der Waals surface area contributed by atoms with Gasteiger partial charge >= 0.3 is 0 Å². The Morgan fingerprint density at radius 2 is 2.08 bits per heavy atom. The number of carbonyl (C=O) groups excluding carboxylic acids is 1. The van der Waals surface area contributed by atoms with E-state index in [0.717, 1.165) is 56.0 Å². The van der Waals surface area contributed by atoms with Crippen LogP contribution in [-0.2, 0) is 20.7 Å². The Morgan fingerprint density at radius 1 is 1.28 bits per heavy atom. The molecule has 1 aromatic carbocycles. The molecule has 1 amide bonds. The number of benzene rings is 1. The molecule has 0 N–H and O–H groups in total. The zero-order valence-corrected chi connectivity index (χ0v) is 14.7. The van der Waals surface area contributed by atoms with E-state index >= 15 is 0 Å². The highest BCUT2D eigenvalue weighted by Crippen LogP contribution is 2.42. The van der Waals surface area contributed by atoms with Crippen molar-refractivity contribution in [2.45, 2.75) is 31.8 Å². The molecule has 0 unspecified atom stereocenters. The van der Waals surface area contributed by atoms with Gasteiger partial charge < -0.3 is 23.8 Å². The van der Waals surface area contributed by atoms with E-state index in [1.54, 1.807) is 7.11 Å². The highest BCUT2D eigenvalue weighted by molar-refractivity contribution is 5.79. The summed E-state index contributed by atoms with van der Waals surface area (Å²) in [6.07, 6.45) is 3.69. The third-order valence-corrected chi connectivity index (χ3v) is 5.61. The van der Waals surface area contributed by atoms with Gasteiger partial charge in [0.25, 0.3) is 0 Å². The number of nitrogens with zero attached hydrogens (tertiary/aromatic N) is 1. The first-order chi connectivity index (χ1) is 12.2. The molecule has 1 aromatic rings. The lowest BCUT2D eigenvalue weighted by Gasteiger charge is -2.38. The molecule has 0 saturated carbocycles. The molecule has 0 bridgehead atoms. The van der Waals surface area contributed by atoms with Crippen LogP contribution >= 0.6 is 0 Å². The van der Waals surface area contributed by atoms with Crippen molar-refractivity contribution in [1.82, 2.24) is 4.90 Å². The maximum atomic E-state index is 12.6. The number of hydrogen-bond donors (Lipinski definition) is 0. The lowest BCUT2D eigenvalue weighted by atomic mass is 9.76. The van der Waals surface area contributed by atoms with Crippen LogP contribution in [0.15, 0.2) is 18.2 Å². The second kappa shape index (κ2) is 6.84. The summed E-state index contributed by atoms with van der Waals surface area (Å²) in [5.74, 6) is 1.67. The van der Waals surface area contributed by atoms with Crippen molar-refractivity contribution in [3.8, 4) is 11.5 Å². The lowest BCUT2D eigenvalue weighted by Crippen LogP contribution is -2.44. The topological polar surface area (TPSA) is 57.2 Å². The van der Waals surface area contributed by atoms with Gasteiger partial charge in [-0.1, -0.05) is 6.07 Å². The van der Waals surface area contributed by atoms with Gasteiger partial charge in [-0.05, 0) is 42.4 Å². The Bertz CT molecular complexity index is 639. The summed E-state index contributed by atoms with van der Waals surface area (Å²) in [5, 5.41) is 0. The van der Waals surface area contributed by atoms with Gasteiger partial charge in [0.2, 0.25) is 12.7 Å². The molecule has 136 valence electrons. The van der Waals surface area contributed by atoms with Gasteiger partial charge in [0.05, 0.1) is 25.7 Å². The van der Waals surface area contributed by atoms with Crippen molar-refractivity contribution < 1.29 is 23.7 Å². The van der Waals surface area contributed by atoms with Crippen molar-refractivity contribution in [3.63, 3.8) is 0 Å². The van der Waals surface area contributed by atoms with E-state index in [9.17, 15) is 4.79 Å². The summed E-state index contributed by atoms with van der Waals surface area (Å²) >= 11 is 0. The summed E-state index contributed by atoms with van der Waals surface area (Å²) in [5.41, 5.74) is 1.21. The fourth-order valence-corrected chi connectivity index (χ4v) is 4.10. The van der Waals surface area contributed by atoms with E-state index in [1.165, 1.54) is 0 Å². The smallest absolute Gasteiger partial charge is 0.231 e. The van der Waals surface area contributed by atoms with E-state index in [4.69, 9.17) is 18.9 Å². The van der Waals surface area contributed by atoms with Gasteiger partial charge in [-0.15, -0.1) is 0 Å². The number of ether oxygens (including phenoxy) is 4. The summed E-state index contributed by atoms with van der Waals surface area (Å²) < 4.78 is 21.8. The Morgan fingerprint density at radius 3 is 2.88 bits per heavy atom. The van der Waals surface area contributed by atoms with Gasteiger partial charge in [-0.25, -0.2) is 0 Å². The van der Waals surface area contributed by atoms with Crippen LogP contribution in [0.5, 0.6) is 11.5 Å². The molecule has 0 radical (unpaired) electrons. The molecule has 3 aliphatic heterocycles. The Hall–Kier alpha value is -1.79. The van der Waals surface area contributed by atoms with E-state index in [0.29, 0.717) is 13.0 Å². The predicted octanol–water partition coefficient (Wildman–Crippen LogP) is 2.00. The monoisotopic (exact) mass is 347 g/mol. The van der Waals surface area contributed by atoms with Crippen molar-refractivity contribution in [2.24, 2.45) is 5.41 Å². The molecule has 0 aromatic heterocycles. The van der Waals surface area contributed by atoms with Crippen LogP contribution in [0.25, 0.3) is 0 Å². The summed E-state index contributed by atoms with van der Waals surface area (Å²) in [6, 6.07) is 5.73. The van der Waals surface area contributed by atoms with Crippen molar-refractivity contribution in [3.05, 3.63) is 23.8 Å². The normalized spacial score (nSPS) is 24.0. The first kappa shape index (κ1) is 16.7. The van der Waals surface area contributed by atoms with Crippen LogP contribution in [0.4, 0.5) is 0 Å². The van der Waals surface area contributed by atoms with E-state index in [1.807, 2.05) is 23.1 Å². The first-order valence-corrected chi connectivity index (χ1v) is 8.94. The first-order valence-electron chi connectivity index (χ1n) is 8.94. The van der Waals surface area contributed by atoms with Crippen molar-refractivity contribution >= 4 is 5.91 Å². The third kappa shape index (κ3) is 3.46. The molecule has 25 heavy (non-hydrogen) atoms. The van der Waals surface area contributed by atoms with Gasteiger partial charge in [-0.3, -0.25) is 4.79 Å². The average Bonchev–Trinajstić information content (AvgIpc) is 3.23. The second-order valence-electron chi connectivity index (χ2n) is 7.34. The Labute approximate surface area is 148 Å². The molecule has 2 saturated heterocycles. The molecule has 2 fully saturated rings. The number of likely N-dealkylation sites (tertiary alicyclic amines) is 1. The minimum Gasteiger partial charge on any atom is -0.454 e. The number of amides is 1. The van der Waals surface area contributed by atoms with Gasteiger partial charge in [-0.2, -0.15) is 0 Å². The van der Waals surface area contributed by atoms with E-state index < -0.39 is 0 Å². The molecule has 4 rings (SSSR count). The third-order valence-electron chi connectivity index (χ3n) is 5.61. The number of piperidine rings is 1. The predicted molar refractivity (Wildman–Crippen MR) is 90.7 cm³/mol. The molecule has 3 heterocycles. The highest BCUT2D eigenvalue weighted by Gasteiger charge is 2.42. The van der Waals surface area contributed by atoms with Crippen LogP contribution in [0.2, 0.25) is 0 Å². The van der Waals surface area contributed by atoms with Gasteiger partial charge in [0, 0.05) is 20.2 Å². The van der Waals surface area contributed by atoms with Crippen LogP contribution in [0, 0.1) is 5.41 Å². The Kier molecular flexibility index (Phi) is 4.56. The number of fused-ring (bicyclic) bond motifs is 1. The zero-order chi connectivity index (χ0) is 17.3. The van der Waals surface area contributed by atoms with Gasteiger partial charge in [0.1, 0.15) is 0 Å². The fourth-order valence-electron chi connectivity index (χ4n) is 4.10. The molecular formula is C19H25NO5. The molecule has 1 spiro atoms. The van der Waals surface area contributed by atoms with Crippen molar-refractivity contribution in [2.75, 3.05) is 40.2 Å². The lowest BCUT2D eigenvalue weighted by molar-refractivity contribution is -0.132. The van der Waals surface area contributed by atoms with Crippen LogP contribution in [0.3, 0.4) is 0 Å². The van der Waals surface area contributed by atoms with E-state index in [2.05, 4.69) is 0 Å². The largest absolute Gasteiger partial charge is 0.454 e. The molecule has 6 nitrogen and oxygen atoms in total. The molecule has 1 atom stereocenters. The van der Waals surface area contributed by atoms with Gasteiger partial charge in [0.15, 0.2) is 11.5 Å². The quantitative estimate of drug-likeness (QED) is 0.834. The number of hydrogen-bond acceptors (Lipinski definition) is 5. The maximum absolute atomic E-state index is 12.6. The highest BCUT2D eigenvalue weighted by atomic mass is 16.7.